The van der Waals surface area contributed by atoms with Crippen molar-refractivity contribution in [2.24, 2.45) is 21.6 Å². The zero-order chi connectivity index (χ0) is 35.8. The van der Waals surface area contributed by atoms with E-state index in [1.807, 2.05) is 43.9 Å². The molecule has 0 spiro atoms. The molecule has 12 nitrogen and oxygen atoms in total. The van der Waals surface area contributed by atoms with Gasteiger partial charge >= 0.3 is 0 Å². The highest BCUT2D eigenvalue weighted by Gasteiger charge is 2.34. The average Bonchev–Trinajstić information content (AvgIpc) is 3.60. The number of aromatic nitrogens is 1. The number of anilines is 2. The minimum Gasteiger partial charge on any atom is -0.475 e. The van der Waals surface area contributed by atoms with Crippen LogP contribution in [0.25, 0.3) is 0 Å². The van der Waals surface area contributed by atoms with Crippen LogP contribution in [0, 0.1) is 11.3 Å². The van der Waals surface area contributed by atoms with Gasteiger partial charge in [0.1, 0.15) is 12.2 Å². The second-order valence-electron chi connectivity index (χ2n) is 13.2. The number of amidine groups is 1. The molecule has 5 rings (SSSR count). The number of pyridine rings is 1. The van der Waals surface area contributed by atoms with Crippen LogP contribution in [0.5, 0.6) is 5.88 Å². The van der Waals surface area contributed by atoms with Crippen molar-refractivity contribution >= 4 is 41.1 Å². The highest BCUT2D eigenvalue weighted by Crippen LogP contribution is 2.30. The van der Waals surface area contributed by atoms with E-state index in [4.69, 9.17) is 21.6 Å². The number of aliphatic imine (C=N–C) groups is 2. The van der Waals surface area contributed by atoms with Crippen LogP contribution in [0.3, 0.4) is 0 Å². The number of hydrogen-bond acceptors (Lipinski definition) is 8. The zero-order valence-electron chi connectivity index (χ0n) is 29.5. The molecule has 3 heterocycles. The smallest absolute Gasteiger partial charge is 0.236 e. The normalized spacial score (nSPS) is 17.4. The summed E-state index contributed by atoms with van der Waals surface area (Å²) in [5.41, 5.74) is 16.9. The predicted octanol–water partition coefficient (Wildman–Crippen LogP) is 4.31. The summed E-state index contributed by atoms with van der Waals surface area (Å²) in [6.45, 7) is 9.24. The van der Waals surface area contributed by atoms with E-state index in [0.29, 0.717) is 85.8 Å². The monoisotopic (exact) mass is 679 g/mol. The number of nitrogens with one attached hydrogen (secondary N) is 1. The molecule has 5 N–H and O–H groups in total. The molecule has 2 amide bonds. The molecule has 264 valence electrons. The largest absolute Gasteiger partial charge is 0.475 e. The summed E-state index contributed by atoms with van der Waals surface area (Å²) in [7, 11) is 1.65. The number of amides is 2. The van der Waals surface area contributed by atoms with Gasteiger partial charge in [0, 0.05) is 73.6 Å². The number of benzene rings is 2. The molecule has 12 heteroatoms. The standard InChI is InChI=1S/C38H49N9O3/c1-5-47(31-11-12-33(39)32(20-31)36(40)29-10-13-34(43-21-29)50-25(2)3)38(49)30-14-17-45(22-30)23-35(48)46-18-15-27(16-19-46)26-6-8-28(9-7-26)37(41)44-24-42-4/h6-13,20-21,24-25,27,30,40H,5,14-19,22-23,39H2,1-4H3,(H2,41,42,44). The molecule has 50 heavy (non-hydrogen) atoms. The van der Waals surface area contributed by atoms with Gasteiger partial charge < -0.3 is 26.0 Å². The second kappa shape index (κ2) is 16.5. The molecule has 0 radical (unpaired) electrons. The van der Waals surface area contributed by atoms with Crippen LogP contribution in [0.15, 0.2) is 70.8 Å². The van der Waals surface area contributed by atoms with Crippen molar-refractivity contribution in [1.82, 2.24) is 14.8 Å². The first kappa shape index (κ1) is 36.2. The fraction of sp³-hybridized carbons (Fsp3) is 0.421. The lowest BCUT2D eigenvalue weighted by Crippen LogP contribution is -2.44. The van der Waals surface area contributed by atoms with Crippen molar-refractivity contribution in [2.45, 2.75) is 52.1 Å². The number of carbonyl (C=O) groups excluding carboxylic acids is 2. The van der Waals surface area contributed by atoms with Crippen molar-refractivity contribution in [3.05, 3.63) is 83.0 Å². The lowest BCUT2D eigenvalue weighted by atomic mass is 9.89. The number of nitrogen functional groups attached to an aromatic ring is 1. The molecule has 1 atom stereocenters. The van der Waals surface area contributed by atoms with Crippen LogP contribution in [0.1, 0.15) is 68.2 Å². The first-order chi connectivity index (χ1) is 24.1. The molecule has 0 bridgehead atoms. The molecule has 1 aromatic heterocycles. The number of piperidine rings is 1. The van der Waals surface area contributed by atoms with E-state index < -0.39 is 0 Å². The summed E-state index contributed by atoms with van der Waals surface area (Å²) < 4.78 is 5.63. The van der Waals surface area contributed by atoms with Crippen LogP contribution in [0.4, 0.5) is 11.4 Å². The molecule has 1 unspecified atom stereocenters. The first-order valence-electron chi connectivity index (χ1n) is 17.3. The van der Waals surface area contributed by atoms with E-state index in [1.54, 1.807) is 42.4 Å². The summed E-state index contributed by atoms with van der Waals surface area (Å²) in [5.74, 6) is 1.22. The van der Waals surface area contributed by atoms with Gasteiger partial charge in [-0.15, -0.1) is 0 Å². The number of nitrogens with two attached hydrogens (primary N) is 2. The molecule has 3 aromatic rings. The van der Waals surface area contributed by atoms with E-state index in [0.717, 1.165) is 18.4 Å². The Balaban J connectivity index is 1.14. The number of carbonyl (C=O) groups is 2. The lowest BCUT2D eigenvalue weighted by molar-refractivity contribution is -0.133. The predicted molar refractivity (Wildman–Crippen MR) is 199 cm³/mol. The topological polar surface area (TPSA) is 167 Å². The van der Waals surface area contributed by atoms with Gasteiger partial charge in [0.2, 0.25) is 17.7 Å². The SMILES string of the molecule is CCN(C(=O)C1CCN(CC(=O)N2CCC(c3ccc(C(N)=NC=NC)cc3)CC2)C1)c1ccc(N)c(C(=N)c2ccc(OC(C)C)nc2)c1. The molecule has 0 aliphatic carbocycles. The molecule has 2 aliphatic rings. The van der Waals surface area contributed by atoms with Crippen LogP contribution in [-0.4, -0.2) is 96.9 Å². The van der Waals surface area contributed by atoms with E-state index >= 15 is 0 Å². The van der Waals surface area contributed by atoms with Crippen molar-refractivity contribution in [1.29, 1.82) is 5.41 Å². The van der Waals surface area contributed by atoms with Gasteiger partial charge in [0.25, 0.3) is 0 Å². The Labute approximate surface area is 294 Å². The minimum atomic E-state index is -0.219. The fourth-order valence-electron chi connectivity index (χ4n) is 6.66. The van der Waals surface area contributed by atoms with Crippen LogP contribution in [-0.2, 0) is 9.59 Å². The zero-order valence-corrected chi connectivity index (χ0v) is 29.5. The molecule has 2 fully saturated rings. The quantitative estimate of drug-likeness (QED) is 0.146. The Morgan fingerprint density at radius 2 is 1.78 bits per heavy atom. The van der Waals surface area contributed by atoms with Crippen molar-refractivity contribution in [3.8, 4) is 5.88 Å². The highest BCUT2D eigenvalue weighted by molar-refractivity contribution is 6.14. The van der Waals surface area contributed by atoms with Gasteiger partial charge in [0.15, 0.2) is 0 Å². The van der Waals surface area contributed by atoms with Crippen LogP contribution in [0.2, 0.25) is 0 Å². The molecule has 2 saturated heterocycles. The first-order valence-corrected chi connectivity index (χ1v) is 17.3. The van der Waals surface area contributed by atoms with E-state index in [-0.39, 0.29) is 29.5 Å². The summed E-state index contributed by atoms with van der Waals surface area (Å²) in [4.78, 5) is 45.2. The third kappa shape index (κ3) is 8.73. The van der Waals surface area contributed by atoms with E-state index in [9.17, 15) is 9.59 Å². The molecular weight excluding hydrogens is 630 g/mol. The number of nitrogens with zero attached hydrogens (tertiary/aromatic N) is 6. The Morgan fingerprint density at radius 1 is 1.06 bits per heavy atom. The van der Waals surface area contributed by atoms with E-state index in [1.165, 1.54) is 11.9 Å². The van der Waals surface area contributed by atoms with Gasteiger partial charge in [-0.25, -0.2) is 9.98 Å². The van der Waals surface area contributed by atoms with Gasteiger partial charge in [-0.05, 0) is 82.3 Å². The number of likely N-dealkylation sites (tertiary alicyclic amines) is 2. The molecule has 2 aliphatic heterocycles. The number of rotatable bonds is 12. The van der Waals surface area contributed by atoms with Crippen LogP contribution >= 0.6 is 0 Å². The van der Waals surface area contributed by atoms with Gasteiger partial charge in [-0.1, -0.05) is 24.3 Å². The Hall–Kier alpha value is -5.10. The van der Waals surface area contributed by atoms with E-state index in [2.05, 4.69) is 32.0 Å². The Kier molecular flexibility index (Phi) is 12.0. The number of ether oxygens (including phenoxy) is 1. The summed E-state index contributed by atoms with van der Waals surface area (Å²) in [6.07, 6.45) is 5.53. The molecular formula is C38H49N9O3. The van der Waals surface area contributed by atoms with Gasteiger partial charge in [0.05, 0.1) is 24.3 Å². The average molecular weight is 680 g/mol. The Morgan fingerprint density at radius 3 is 2.42 bits per heavy atom. The summed E-state index contributed by atoms with van der Waals surface area (Å²) in [5, 5.41) is 8.85. The third-order valence-electron chi connectivity index (χ3n) is 9.40. The highest BCUT2D eigenvalue weighted by atomic mass is 16.5. The fourth-order valence-corrected chi connectivity index (χ4v) is 6.66. The maximum atomic E-state index is 13.8. The van der Waals surface area contributed by atoms with Gasteiger partial charge in [-0.2, -0.15) is 0 Å². The minimum absolute atomic E-state index is 0.00199. The van der Waals surface area contributed by atoms with Gasteiger partial charge in [-0.3, -0.25) is 24.9 Å². The van der Waals surface area contributed by atoms with Crippen molar-refractivity contribution in [2.75, 3.05) is 56.9 Å². The Bertz CT molecular complexity index is 1710. The third-order valence-corrected chi connectivity index (χ3v) is 9.40. The maximum Gasteiger partial charge on any atom is 0.236 e. The molecule has 2 aromatic carbocycles. The maximum absolute atomic E-state index is 13.8. The number of hydrogen-bond donors (Lipinski definition) is 3. The van der Waals surface area contributed by atoms with Crippen molar-refractivity contribution in [3.63, 3.8) is 0 Å². The summed E-state index contributed by atoms with van der Waals surface area (Å²) in [6, 6.07) is 17.1. The molecule has 0 saturated carbocycles. The summed E-state index contributed by atoms with van der Waals surface area (Å²) >= 11 is 0. The lowest BCUT2D eigenvalue weighted by Gasteiger charge is -2.33. The van der Waals surface area contributed by atoms with Crippen molar-refractivity contribution < 1.29 is 14.3 Å². The second-order valence-corrected chi connectivity index (χ2v) is 13.2. The van der Waals surface area contributed by atoms with Crippen LogP contribution < -0.4 is 21.1 Å².